The van der Waals surface area contributed by atoms with Crippen molar-refractivity contribution in [3.05, 3.63) is 70.3 Å². The van der Waals surface area contributed by atoms with Gasteiger partial charge in [-0.05, 0) is 55.0 Å². The van der Waals surface area contributed by atoms with Crippen LogP contribution in [0, 0.1) is 5.92 Å². The number of aromatic nitrogens is 1. The summed E-state index contributed by atoms with van der Waals surface area (Å²) in [6, 6.07) is 12.8. The lowest BCUT2D eigenvalue weighted by atomic mass is 9.88. The Morgan fingerprint density at radius 2 is 2.06 bits per heavy atom. The van der Waals surface area contributed by atoms with Gasteiger partial charge in [-0.15, -0.1) is 11.3 Å². The highest BCUT2D eigenvalue weighted by atomic mass is 32.1. The molecular formula is C25H22N2O4S. The van der Waals surface area contributed by atoms with E-state index in [1.807, 2.05) is 30.3 Å². The Morgan fingerprint density at radius 3 is 2.84 bits per heavy atom. The molecule has 0 saturated carbocycles. The van der Waals surface area contributed by atoms with E-state index in [1.54, 1.807) is 18.4 Å². The second-order valence-corrected chi connectivity index (χ2v) is 9.16. The van der Waals surface area contributed by atoms with Gasteiger partial charge in [0.25, 0.3) is 5.91 Å². The molecule has 0 aliphatic heterocycles. The van der Waals surface area contributed by atoms with Crippen molar-refractivity contribution in [2.24, 2.45) is 5.92 Å². The molecule has 1 amide bonds. The number of carbonyl (C=O) groups is 2. The van der Waals surface area contributed by atoms with Gasteiger partial charge < -0.3 is 14.5 Å². The summed E-state index contributed by atoms with van der Waals surface area (Å²) in [7, 11) is 1.37. The van der Waals surface area contributed by atoms with Crippen molar-refractivity contribution in [1.29, 1.82) is 0 Å². The first kappa shape index (κ1) is 20.5. The van der Waals surface area contributed by atoms with E-state index in [0.29, 0.717) is 39.0 Å². The van der Waals surface area contributed by atoms with Crippen LogP contribution >= 0.6 is 11.3 Å². The molecule has 6 nitrogen and oxygen atoms in total. The summed E-state index contributed by atoms with van der Waals surface area (Å²) in [6.07, 6.45) is 4.31. The summed E-state index contributed by atoms with van der Waals surface area (Å²) in [5.74, 6) is 0.423. The number of esters is 1. The fourth-order valence-corrected chi connectivity index (χ4v) is 5.63. The standard InChI is InChI=1S/C25H22N2O4S/c1-14-9-10-16-21(12-14)32-24(22(16)25(29)30-2)27-23(28)17-13-19(20-8-5-11-31-20)26-18-7-4-3-6-15(17)18/h3-8,11,13-14H,9-10,12H2,1-2H3,(H,27,28)/t14-/m0/s1. The largest absolute Gasteiger partial charge is 0.465 e. The lowest BCUT2D eigenvalue weighted by molar-refractivity contribution is 0.0601. The summed E-state index contributed by atoms with van der Waals surface area (Å²) in [5.41, 5.74) is 3.23. The first-order valence-corrected chi connectivity index (χ1v) is 11.3. The smallest absolute Gasteiger partial charge is 0.341 e. The van der Waals surface area contributed by atoms with Crippen LogP contribution in [-0.4, -0.2) is 24.0 Å². The van der Waals surface area contributed by atoms with Gasteiger partial charge in [-0.25, -0.2) is 9.78 Å². The zero-order valence-corrected chi connectivity index (χ0v) is 18.6. The minimum Gasteiger partial charge on any atom is -0.465 e. The van der Waals surface area contributed by atoms with E-state index in [-0.39, 0.29) is 5.91 Å². The maximum Gasteiger partial charge on any atom is 0.341 e. The Kier molecular flexibility index (Phi) is 5.27. The summed E-state index contributed by atoms with van der Waals surface area (Å²) < 4.78 is 10.5. The van der Waals surface area contributed by atoms with Gasteiger partial charge in [0.15, 0.2) is 5.76 Å². The molecule has 0 saturated heterocycles. The van der Waals surface area contributed by atoms with Gasteiger partial charge in [0.1, 0.15) is 10.7 Å². The van der Waals surface area contributed by atoms with Crippen molar-refractivity contribution in [1.82, 2.24) is 4.98 Å². The maximum atomic E-state index is 13.5. The number of furan rings is 1. The Balaban J connectivity index is 1.58. The van der Waals surface area contributed by atoms with Gasteiger partial charge >= 0.3 is 5.97 Å². The van der Waals surface area contributed by atoms with Gasteiger partial charge in [-0.2, -0.15) is 0 Å². The fraction of sp³-hybridized carbons (Fsp3) is 0.240. The molecule has 0 radical (unpaired) electrons. The number of fused-ring (bicyclic) bond motifs is 2. The molecule has 1 aliphatic rings. The molecule has 3 aromatic heterocycles. The molecule has 32 heavy (non-hydrogen) atoms. The number of rotatable bonds is 4. The van der Waals surface area contributed by atoms with Crippen molar-refractivity contribution in [2.75, 3.05) is 12.4 Å². The predicted molar refractivity (Wildman–Crippen MR) is 124 cm³/mol. The van der Waals surface area contributed by atoms with E-state index >= 15 is 0 Å². The molecule has 1 aliphatic carbocycles. The summed E-state index contributed by atoms with van der Waals surface area (Å²) in [5, 5.41) is 4.27. The second kappa shape index (κ2) is 8.24. The molecule has 1 atom stereocenters. The lowest BCUT2D eigenvalue weighted by Crippen LogP contribution is -2.16. The number of ether oxygens (including phenoxy) is 1. The van der Waals surface area contributed by atoms with E-state index in [1.165, 1.54) is 18.4 Å². The Hall–Kier alpha value is -3.45. The Bertz CT molecular complexity index is 1320. The van der Waals surface area contributed by atoms with E-state index in [4.69, 9.17) is 9.15 Å². The number of pyridine rings is 1. The third kappa shape index (κ3) is 3.58. The number of hydrogen-bond donors (Lipinski definition) is 1. The number of para-hydroxylation sites is 1. The van der Waals surface area contributed by atoms with Crippen molar-refractivity contribution in [3.8, 4) is 11.5 Å². The topological polar surface area (TPSA) is 81.4 Å². The van der Waals surface area contributed by atoms with E-state index in [0.717, 1.165) is 35.1 Å². The Morgan fingerprint density at radius 1 is 1.22 bits per heavy atom. The average molecular weight is 447 g/mol. The zero-order valence-electron chi connectivity index (χ0n) is 17.8. The quantitative estimate of drug-likeness (QED) is 0.406. The van der Waals surface area contributed by atoms with Crippen LogP contribution in [0.5, 0.6) is 0 Å². The minimum atomic E-state index is -0.414. The van der Waals surface area contributed by atoms with Crippen molar-refractivity contribution in [2.45, 2.75) is 26.2 Å². The Labute approximate surface area is 189 Å². The number of carbonyl (C=O) groups excluding carboxylic acids is 2. The summed E-state index contributed by atoms with van der Waals surface area (Å²) >= 11 is 1.47. The molecular weight excluding hydrogens is 424 g/mol. The summed E-state index contributed by atoms with van der Waals surface area (Å²) in [6.45, 7) is 2.21. The van der Waals surface area contributed by atoms with Gasteiger partial charge in [-0.1, -0.05) is 25.1 Å². The zero-order chi connectivity index (χ0) is 22.2. The van der Waals surface area contributed by atoms with Crippen LogP contribution in [0.15, 0.2) is 53.1 Å². The van der Waals surface area contributed by atoms with Crippen LogP contribution in [-0.2, 0) is 17.6 Å². The molecule has 0 fully saturated rings. The van der Waals surface area contributed by atoms with E-state index in [9.17, 15) is 9.59 Å². The van der Waals surface area contributed by atoms with Gasteiger partial charge in [-0.3, -0.25) is 4.79 Å². The lowest BCUT2D eigenvalue weighted by Gasteiger charge is -2.18. The van der Waals surface area contributed by atoms with Crippen LogP contribution < -0.4 is 5.32 Å². The van der Waals surface area contributed by atoms with Crippen LogP contribution in [0.3, 0.4) is 0 Å². The molecule has 1 aromatic carbocycles. The molecule has 0 unspecified atom stereocenters. The van der Waals surface area contributed by atoms with Gasteiger partial charge in [0, 0.05) is 10.3 Å². The van der Waals surface area contributed by atoms with E-state index < -0.39 is 5.97 Å². The summed E-state index contributed by atoms with van der Waals surface area (Å²) in [4.78, 5) is 31.9. The normalized spacial score (nSPS) is 15.4. The van der Waals surface area contributed by atoms with Gasteiger partial charge in [0.05, 0.1) is 30.0 Å². The molecule has 7 heteroatoms. The highest BCUT2D eigenvalue weighted by Crippen LogP contribution is 2.40. The molecule has 1 N–H and O–H groups in total. The SMILES string of the molecule is COC(=O)c1c(NC(=O)c2cc(-c3ccco3)nc3ccccc23)sc2c1CC[C@H](C)C2. The molecule has 162 valence electrons. The molecule has 4 aromatic rings. The first-order chi connectivity index (χ1) is 15.5. The number of anilines is 1. The molecule has 0 spiro atoms. The number of thiophene rings is 1. The molecule has 5 rings (SSSR count). The van der Waals surface area contributed by atoms with Crippen LogP contribution in [0.2, 0.25) is 0 Å². The number of benzene rings is 1. The monoisotopic (exact) mass is 446 g/mol. The fourth-order valence-electron chi connectivity index (χ4n) is 4.24. The highest BCUT2D eigenvalue weighted by Gasteiger charge is 2.29. The van der Waals surface area contributed by atoms with Crippen molar-refractivity contribution in [3.63, 3.8) is 0 Å². The minimum absolute atomic E-state index is 0.298. The van der Waals surface area contributed by atoms with Crippen molar-refractivity contribution >= 4 is 39.1 Å². The number of hydrogen-bond acceptors (Lipinski definition) is 6. The second-order valence-electron chi connectivity index (χ2n) is 8.05. The number of methoxy groups -OCH3 is 1. The van der Waals surface area contributed by atoms with Gasteiger partial charge in [0.2, 0.25) is 0 Å². The molecule has 3 heterocycles. The van der Waals surface area contributed by atoms with Crippen LogP contribution in [0.4, 0.5) is 5.00 Å². The number of nitrogens with one attached hydrogen (secondary N) is 1. The third-order valence-electron chi connectivity index (χ3n) is 5.86. The predicted octanol–water partition coefficient (Wildman–Crippen LogP) is 5.72. The van der Waals surface area contributed by atoms with E-state index in [2.05, 4.69) is 17.2 Å². The highest BCUT2D eigenvalue weighted by molar-refractivity contribution is 7.17. The first-order valence-electron chi connectivity index (χ1n) is 10.5. The number of amides is 1. The van der Waals surface area contributed by atoms with Crippen molar-refractivity contribution < 1.29 is 18.7 Å². The van der Waals surface area contributed by atoms with Crippen LogP contribution in [0.1, 0.15) is 44.5 Å². The number of nitrogens with zero attached hydrogens (tertiary/aromatic N) is 1. The maximum absolute atomic E-state index is 13.5. The molecule has 0 bridgehead atoms. The van der Waals surface area contributed by atoms with Crippen LogP contribution in [0.25, 0.3) is 22.4 Å². The average Bonchev–Trinajstić information content (AvgIpc) is 3.45. The third-order valence-corrected chi connectivity index (χ3v) is 7.03.